The number of aromatic nitrogens is 1. The minimum atomic E-state index is -3.27. The van der Waals surface area contributed by atoms with E-state index in [0.29, 0.717) is 31.7 Å². The Morgan fingerprint density at radius 3 is 3.10 bits per heavy atom. The molecular formula is C13H17N3O3S. The van der Waals surface area contributed by atoms with E-state index >= 15 is 0 Å². The fourth-order valence-electron chi connectivity index (χ4n) is 2.12. The molecule has 7 heteroatoms. The smallest absolute Gasteiger partial charge is 0.214 e. The van der Waals surface area contributed by atoms with E-state index in [4.69, 9.17) is 10.00 Å². The molecule has 1 aliphatic heterocycles. The van der Waals surface area contributed by atoms with E-state index < -0.39 is 10.0 Å². The summed E-state index contributed by atoms with van der Waals surface area (Å²) in [7, 11) is -3.27. The number of pyridine rings is 1. The molecule has 2 rings (SSSR count). The van der Waals surface area contributed by atoms with Gasteiger partial charge in [-0.1, -0.05) is 0 Å². The number of ether oxygens (including phenoxy) is 1. The number of unbranched alkanes of at least 4 members (excludes halogenated alkanes) is 1. The molecule has 1 atom stereocenters. The lowest BCUT2D eigenvalue weighted by Crippen LogP contribution is -2.32. The van der Waals surface area contributed by atoms with Crippen molar-refractivity contribution in [3.63, 3.8) is 0 Å². The average Bonchev–Trinajstić information content (AvgIpc) is 2.89. The first kappa shape index (κ1) is 14.8. The van der Waals surface area contributed by atoms with E-state index in [0.717, 1.165) is 0 Å². The minimum absolute atomic E-state index is 0.0279. The highest BCUT2D eigenvalue weighted by Crippen LogP contribution is 2.20. The maximum atomic E-state index is 12.1. The second-order valence-corrected chi connectivity index (χ2v) is 6.74. The summed E-state index contributed by atoms with van der Waals surface area (Å²) in [5, 5.41) is 8.45. The number of rotatable bonds is 6. The molecule has 1 unspecified atom stereocenters. The highest BCUT2D eigenvalue weighted by molar-refractivity contribution is 7.89. The Balaban J connectivity index is 1.87. The van der Waals surface area contributed by atoms with E-state index in [2.05, 4.69) is 4.98 Å². The van der Waals surface area contributed by atoms with Gasteiger partial charge in [0.15, 0.2) is 0 Å². The Morgan fingerprint density at radius 2 is 2.40 bits per heavy atom. The lowest BCUT2D eigenvalue weighted by molar-refractivity contribution is 0.214. The number of nitrogens with zero attached hydrogens (tertiary/aromatic N) is 3. The van der Waals surface area contributed by atoms with Gasteiger partial charge in [-0.25, -0.2) is 8.42 Å². The standard InChI is InChI=1S/C13H17N3O3S/c14-6-1-2-9-20(17,18)16-8-5-13(11-16)19-12-4-3-7-15-10-12/h3-4,7,10,13H,1-2,5,8-9,11H2. The van der Waals surface area contributed by atoms with Crippen molar-refractivity contribution >= 4 is 10.0 Å². The third kappa shape index (κ3) is 3.92. The van der Waals surface area contributed by atoms with Crippen molar-refractivity contribution < 1.29 is 13.2 Å². The van der Waals surface area contributed by atoms with Crippen LogP contribution in [0.3, 0.4) is 0 Å². The quantitative estimate of drug-likeness (QED) is 0.736. The summed E-state index contributed by atoms with van der Waals surface area (Å²) in [5.41, 5.74) is 0. The largest absolute Gasteiger partial charge is 0.487 e. The topological polar surface area (TPSA) is 83.3 Å². The zero-order valence-electron chi connectivity index (χ0n) is 11.1. The Kier molecular flexibility index (Phi) is 4.93. The molecule has 2 heterocycles. The maximum Gasteiger partial charge on any atom is 0.214 e. The number of nitriles is 1. The zero-order valence-corrected chi connectivity index (χ0v) is 11.9. The molecule has 20 heavy (non-hydrogen) atoms. The van der Waals surface area contributed by atoms with Gasteiger partial charge in [-0.3, -0.25) is 4.98 Å². The molecule has 0 N–H and O–H groups in total. The van der Waals surface area contributed by atoms with Crippen molar-refractivity contribution in [3.8, 4) is 11.8 Å². The van der Waals surface area contributed by atoms with Crippen LogP contribution in [0.5, 0.6) is 5.75 Å². The molecule has 0 spiro atoms. The van der Waals surface area contributed by atoms with Crippen molar-refractivity contribution in [2.24, 2.45) is 0 Å². The van der Waals surface area contributed by atoms with Gasteiger partial charge in [0, 0.05) is 19.2 Å². The first-order valence-electron chi connectivity index (χ1n) is 6.53. The molecule has 1 fully saturated rings. The third-order valence-corrected chi connectivity index (χ3v) is 5.05. The van der Waals surface area contributed by atoms with Gasteiger partial charge < -0.3 is 4.74 Å². The molecule has 6 nitrogen and oxygen atoms in total. The van der Waals surface area contributed by atoms with Crippen LogP contribution in [0.2, 0.25) is 0 Å². The molecule has 0 aromatic carbocycles. The fraction of sp³-hybridized carbons (Fsp3) is 0.538. The lowest BCUT2D eigenvalue weighted by atomic mass is 10.3. The van der Waals surface area contributed by atoms with Crippen molar-refractivity contribution in [1.82, 2.24) is 9.29 Å². The Hall–Kier alpha value is -1.65. The fourth-order valence-corrected chi connectivity index (χ4v) is 3.66. The van der Waals surface area contributed by atoms with Crippen LogP contribution in [0.1, 0.15) is 19.3 Å². The highest BCUT2D eigenvalue weighted by Gasteiger charge is 2.32. The summed E-state index contributed by atoms with van der Waals surface area (Å²) >= 11 is 0. The highest BCUT2D eigenvalue weighted by atomic mass is 32.2. The normalized spacial score (nSPS) is 19.6. The Morgan fingerprint density at radius 1 is 1.55 bits per heavy atom. The van der Waals surface area contributed by atoms with E-state index in [1.54, 1.807) is 24.5 Å². The van der Waals surface area contributed by atoms with E-state index in [9.17, 15) is 8.42 Å². The van der Waals surface area contributed by atoms with Gasteiger partial charge in [-0.05, 0) is 25.0 Å². The van der Waals surface area contributed by atoms with Crippen LogP contribution in [-0.2, 0) is 10.0 Å². The molecule has 0 amide bonds. The van der Waals surface area contributed by atoms with Crippen LogP contribution in [0, 0.1) is 11.3 Å². The molecule has 0 radical (unpaired) electrons. The van der Waals surface area contributed by atoms with Gasteiger partial charge in [0.05, 0.1) is 24.6 Å². The van der Waals surface area contributed by atoms with E-state index in [-0.39, 0.29) is 18.3 Å². The molecule has 1 aromatic heterocycles. The van der Waals surface area contributed by atoms with Crippen molar-refractivity contribution in [3.05, 3.63) is 24.5 Å². The van der Waals surface area contributed by atoms with E-state index in [1.165, 1.54) is 4.31 Å². The zero-order chi connectivity index (χ0) is 14.4. The summed E-state index contributed by atoms with van der Waals surface area (Å²) < 4.78 is 31.3. The second kappa shape index (κ2) is 6.68. The summed E-state index contributed by atoms with van der Waals surface area (Å²) in [6.07, 6.45) is 4.46. The number of sulfonamides is 1. The van der Waals surface area contributed by atoms with Crippen LogP contribution in [0.25, 0.3) is 0 Å². The Labute approximate surface area is 119 Å². The van der Waals surface area contributed by atoms with Gasteiger partial charge >= 0.3 is 0 Å². The monoisotopic (exact) mass is 295 g/mol. The summed E-state index contributed by atoms with van der Waals surface area (Å²) in [4.78, 5) is 3.96. The molecule has 0 saturated carbocycles. The van der Waals surface area contributed by atoms with Crippen molar-refractivity contribution in [2.75, 3.05) is 18.8 Å². The molecular weight excluding hydrogens is 278 g/mol. The number of hydrogen-bond acceptors (Lipinski definition) is 5. The maximum absolute atomic E-state index is 12.1. The minimum Gasteiger partial charge on any atom is -0.487 e. The van der Waals surface area contributed by atoms with E-state index in [1.807, 2.05) is 6.07 Å². The van der Waals surface area contributed by atoms with Gasteiger partial charge in [-0.15, -0.1) is 0 Å². The molecule has 1 aromatic rings. The SMILES string of the molecule is N#CCCCS(=O)(=O)N1CCC(Oc2cccnc2)C1. The first-order chi connectivity index (χ1) is 9.62. The van der Waals surface area contributed by atoms with Crippen LogP contribution in [-0.4, -0.2) is 42.7 Å². The summed E-state index contributed by atoms with van der Waals surface area (Å²) in [6, 6.07) is 5.54. The molecule has 0 aliphatic carbocycles. The second-order valence-electron chi connectivity index (χ2n) is 4.65. The lowest BCUT2D eigenvalue weighted by Gasteiger charge is -2.16. The van der Waals surface area contributed by atoms with Gasteiger partial charge in [0.25, 0.3) is 0 Å². The van der Waals surface area contributed by atoms with Gasteiger partial charge in [0.1, 0.15) is 11.9 Å². The van der Waals surface area contributed by atoms with Crippen molar-refractivity contribution in [1.29, 1.82) is 5.26 Å². The van der Waals surface area contributed by atoms with Gasteiger partial charge in [0.2, 0.25) is 10.0 Å². The van der Waals surface area contributed by atoms with Crippen LogP contribution in [0.15, 0.2) is 24.5 Å². The molecule has 1 saturated heterocycles. The summed E-state index contributed by atoms with van der Waals surface area (Å²) in [5.74, 6) is 0.682. The first-order valence-corrected chi connectivity index (χ1v) is 8.14. The molecule has 1 aliphatic rings. The Bertz CT molecular complexity index is 568. The van der Waals surface area contributed by atoms with Crippen LogP contribution >= 0.6 is 0 Å². The predicted molar refractivity (Wildman–Crippen MR) is 73.5 cm³/mol. The average molecular weight is 295 g/mol. The van der Waals surface area contributed by atoms with Gasteiger partial charge in [-0.2, -0.15) is 9.57 Å². The van der Waals surface area contributed by atoms with Crippen LogP contribution < -0.4 is 4.74 Å². The predicted octanol–water partition coefficient (Wildman–Crippen LogP) is 1.17. The van der Waals surface area contributed by atoms with Crippen LogP contribution in [0.4, 0.5) is 0 Å². The van der Waals surface area contributed by atoms with Crippen molar-refractivity contribution in [2.45, 2.75) is 25.4 Å². The summed E-state index contributed by atoms with van der Waals surface area (Å²) in [6.45, 7) is 0.837. The molecule has 108 valence electrons. The number of hydrogen-bond donors (Lipinski definition) is 0. The molecule has 0 bridgehead atoms. The third-order valence-electron chi connectivity index (χ3n) is 3.13.